The molecule has 0 fully saturated rings. The van der Waals surface area contributed by atoms with E-state index in [1.807, 2.05) is 61.5 Å². The molecule has 0 N–H and O–H groups in total. The molecule has 0 saturated carbocycles. The van der Waals surface area contributed by atoms with Crippen molar-refractivity contribution in [1.82, 2.24) is 0 Å². The van der Waals surface area contributed by atoms with Crippen LogP contribution in [-0.2, 0) is 0 Å². The molecule has 2 heteroatoms. The van der Waals surface area contributed by atoms with Crippen molar-refractivity contribution in [3.63, 3.8) is 0 Å². The van der Waals surface area contributed by atoms with Gasteiger partial charge in [-0.05, 0) is 17.7 Å². The number of para-hydroxylation sites is 1. The summed E-state index contributed by atoms with van der Waals surface area (Å²) in [5.74, 6) is 0.697. The molecule has 1 aliphatic heterocycles. The van der Waals surface area contributed by atoms with E-state index in [0.29, 0.717) is 11.3 Å². The zero-order chi connectivity index (χ0) is 12.5. The fourth-order valence-corrected chi connectivity index (χ4v) is 2.39. The lowest BCUT2D eigenvalue weighted by atomic mass is 9.87. The van der Waals surface area contributed by atoms with Crippen LogP contribution in [0.2, 0.25) is 0 Å². The van der Waals surface area contributed by atoms with Gasteiger partial charge in [-0.25, -0.2) is 0 Å². The maximum absolute atomic E-state index is 12.3. The van der Waals surface area contributed by atoms with E-state index >= 15 is 0 Å². The van der Waals surface area contributed by atoms with Gasteiger partial charge in [-0.3, -0.25) is 4.79 Å². The van der Waals surface area contributed by atoms with Crippen LogP contribution < -0.4 is 4.74 Å². The Balaban J connectivity index is 2.04. The molecule has 2 atom stereocenters. The molecule has 0 saturated heterocycles. The van der Waals surface area contributed by atoms with Gasteiger partial charge >= 0.3 is 0 Å². The summed E-state index contributed by atoms with van der Waals surface area (Å²) in [6.07, 6.45) is -0.186. The number of rotatable bonds is 1. The summed E-state index contributed by atoms with van der Waals surface area (Å²) < 4.78 is 5.98. The first-order valence-electron chi connectivity index (χ1n) is 6.12. The van der Waals surface area contributed by atoms with E-state index in [1.165, 1.54) is 0 Å². The molecule has 1 aliphatic rings. The number of hydrogen-bond donors (Lipinski definition) is 0. The number of fused-ring (bicyclic) bond motifs is 1. The molecule has 18 heavy (non-hydrogen) atoms. The van der Waals surface area contributed by atoms with Gasteiger partial charge in [0, 0.05) is 0 Å². The summed E-state index contributed by atoms with van der Waals surface area (Å²) in [6, 6.07) is 17.4. The number of ether oxygens (including phenoxy) is 1. The molecule has 0 aliphatic carbocycles. The van der Waals surface area contributed by atoms with Crippen molar-refractivity contribution in [3.05, 3.63) is 65.7 Å². The summed E-state index contributed by atoms with van der Waals surface area (Å²) in [5.41, 5.74) is 1.74. The summed E-state index contributed by atoms with van der Waals surface area (Å²) in [5, 5.41) is 0. The molecule has 0 unspecified atom stereocenters. The first-order valence-corrected chi connectivity index (χ1v) is 6.12. The Bertz CT molecular complexity index is 575. The lowest BCUT2D eigenvalue weighted by Crippen LogP contribution is -2.29. The van der Waals surface area contributed by atoms with E-state index in [1.54, 1.807) is 0 Å². The molecule has 0 bridgehead atoms. The summed E-state index contributed by atoms with van der Waals surface area (Å²) in [7, 11) is 0. The molecule has 0 aromatic heterocycles. The van der Waals surface area contributed by atoms with Crippen LogP contribution in [0.3, 0.4) is 0 Å². The normalized spacial score (nSPS) is 22.2. The molecule has 0 radical (unpaired) electrons. The highest BCUT2D eigenvalue weighted by Gasteiger charge is 2.34. The van der Waals surface area contributed by atoms with Gasteiger partial charge in [0.1, 0.15) is 11.9 Å². The predicted octanol–water partition coefficient (Wildman–Crippen LogP) is 3.64. The second-order valence-corrected chi connectivity index (χ2v) is 4.60. The average Bonchev–Trinajstić information content (AvgIpc) is 2.44. The third-order valence-electron chi connectivity index (χ3n) is 3.40. The van der Waals surface area contributed by atoms with Gasteiger partial charge in [-0.1, -0.05) is 49.4 Å². The fourth-order valence-electron chi connectivity index (χ4n) is 2.39. The predicted molar refractivity (Wildman–Crippen MR) is 69.7 cm³/mol. The molecule has 90 valence electrons. The first-order chi connectivity index (χ1) is 8.77. The van der Waals surface area contributed by atoms with E-state index in [2.05, 4.69) is 0 Å². The monoisotopic (exact) mass is 238 g/mol. The Morgan fingerprint density at radius 2 is 1.61 bits per heavy atom. The van der Waals surface area contributed by atoms with Crippen LogP contribution in [-0.4, -0.2) is 5.78 Å². The van der Waals surface area contributed by atoms with Crippen molar-refractivity contribution in [2.75, 3.05) is 0 Å². The second kappa shape index (κ2) is 4.30. The van der Waals surface area contributed by atoms with Crippen molar-refractivity contribution in [1.29, 1.82) is 0 Å². The lowest BCUT2D eigenvalue weighted by molar-refractivity contribution is 0.0690. The fraction of sp³-hybridized carbons (Fsp3) is 0.188. The Morgan fingerprint density at radius 3 is 2.39 bits per heavy atom. The molecule has 2 aromatic rings. The van der Waals surface area contributed by atoms with Crippen LogP contribution in [0, 0.1) is 5.92 Å². The van der Waals surface area contributed by atoms with Crippen LogP contribution in [0.4, 0.5) is 0 Å². The van der Waals surface area contributed by atoms with Crippen molar-refractivity contribution in [3.8, 4) is 5.75 Å². The van der Waals surface area contributed by atoms with Crippen LogP contribution in [0.1, 0.15) is 28.9 Å². The van der Waals surface area contributed by atoms with Gasteiger partial charge in [0.15, 0.2) is 5.78 Å². The number of benzene rings is 2. The Hall–Kier alpha value is -2.09. The van der Waals surface area contributed by atoms with Crippen molar-refractivity contribution < 1.29 is 9.53 Å². The minimum atomic E-state index is -0.186. The zero-order valence-electron chi connectivity index (χ0n) is 10.2. The van der Waals surface area contributed by atoms with Crippen LogP contribution in [0.25, 0.3) is 0 Å². The number of carbonyl (C=O) groups excluding carboxylic acids is 1. The van der Waals surface area contributed by atoms with Crippen LogP contribution in [0.15, 0.2) is 54.6 Å². The van der Waals surface area contributed by atoms with E-state index in [-0.39, 0.29) is 17.8 Å². The smallest absolute Gasteiger partial charge is 0.173 e. The molecule has 2 nitrogen and oxygen atoms in total. The number of Topliss-reactive ketones (excluding diaryl/α,β-unsaturated/α-hetero) is 1. The Kier molecular flexibility index (Phi) is 2.63. The molecule has 1 heterocycles. The summed E-state index contributed by atoms with van der Waals surface area (Å²) in [6.45, 7) is 1.93. The van der Waals surface area contributed by atoms with E-state index in [4.69, 9.17) is 4.74 Å². The van der Waals surface area contributed by atoms with Gasteiger partial charge in [-0.2, -0.15) is 0 Å². The third kappa shape index (κ3) is 1.70. The van der Waals surface area contributed by atoms with Crippen molar-refractivity contribution in [2.45, 2.75) is 13.0 Å². The average molecular weight is 238 g/mol. The Morgan fingerprint density at radius 1 is 0.944 bits per heavy atom. The quantitative estimate of drug-likeness (QED) is 0.758. The number of hydrogen-bond acceptors (Lipinski definition) is 2. The van der Waals surface area contributed by atoms with Crippen LogP contribution >= 0.6 is 0 Å². The summed E-state index contributed by atoms with van der Waals surface area (Å²) in [4.78, 5) is 12.3. The largest absolute Gasteiger partial charge is 0.484 e. The van der Waals surface area contributed by atoms with Gasteiger partial charge in [0.2, 0.25) is 0 Å². The molecule has 2 aromatic carbocycles. The molecule has 0 amide bonds. The van der Waals surface area contributed by atoms with Gasteiger partial charge in [-0.15, -0.1) is 0 Å². The van der Waals surface area contributed by atoms with Crippen molar-refractivity contribution in [2.24, 2.45) is 5.92 Å². The first kappa shape index (κ1) is 11.0. The maximum atomic E-state index is 12.3. The molecule has 0 spiro atoms. The topological polar surface area (TPSA) is 26.3 Å². The summed E-state index contributed by atoms with van der Waals surface area (Å²) >= 11 is 0. The molecule has 3 rings (SSSR count). The zero-order valence-corrected chi connectivity index (χ0v) is 10.2. The standard InChI is InChI=1S/C16H14O2/c1-11-15(17)13-9-5-6-10-14(13)18-16(11)12-7-3-2-4-8-12/h2-11,16H,1H3/t11-,16+/m0/s1. The molecular formula is C16H14O2. The van der Waals surface area contributed by atoms with Gasteiger partial charge in [0.25, 0.3) is 0 Å². The minimum Gasteiger partial charge on any atom is -0.484 e. The van der Waals surface area contributed by atoms with Gasteiger partial charge < -0.3 is 4.74 Å². The molecular weight excluding hydrogens is 224 g/mol. The van der Waals surface area contributed by atoms with E-state index in [9.17, 15) is 4.79 Å². The maximum Gasteiger partial charge on any atom is 0.173 e. The SMILES string of the molecule is C[C@H]1C(=O)c2ccccc2O[C@H]1c1ccccc1. The van der Waals surface area contributed by atoms with Crippen molar-refractivity contribution >= 4 is 5.78 Å². The van der Waals surface area contributed by atoms with E-state index in [0.717, 1.165) is 5.56 Å². The highest BCUT2D eigenvalue weighted by atomic mass is 16.5. The van der Waals surface area contributed by atoms with E-state index < -0.39 is 0 Å². The minimum absolute atomic E-state index is 0.151. The lowest BCUT2D eigenvalue weighted by Gasteiger charge is -2.30. The highest BCUT2D eigenvalue weighted by molar-refractivity contribution is 6.01. The Labute approximate surface area is 106 Å². The number of ketones is 1. The third-order valence-corrected chi connectivity index (χ3v) is 3.40. The van der Waals surface area contributed by atoms with Gasteiger partial charge in [0.05, 0.1) is 11.5 Å². The van der Waals surface area contributed by atoms with Crippen LogP contribution in [0.5, 0.6) is 5.75 Å². The second-order valence-electron chi connectivity index (χ2n) is 4.60. The highest BCUT2D eigenvalue weighted by Crippen LogP contribution is 2.38. The number of carbonyl (C=O) groups is 1.